The quantitative estimate of drug-likeness (QED) is 0.705. The number of unbranched alkanes of at least 4 members (excludes halogenated alkanes) is 1. The van der Waals surface area contributed by atoms with Gasteiger partial charge in [0.05, 0.1) is 16.6 Å². The molecule has 0 atom stereocenters. The van der Waals surface area contributed by atoms with Gasteiger partial charge in [-0.05, 0) is 50.6 Å². The summed E-state index contributed by atoms with van der Waals surface area (Å²) in [6.45, 7) is 4.67. The van der Waals surface area contributed by atoms with E-state index >= 15 is 0 Å². The van der Waals surface area contributed by atoms with Crippen LogP contribution in [0.5, 0.6) is 0 Å². The maximum atomic E-state index is 12.2. The molecule has 1 fully saturated rings. The number of amides is 2. The van der Waals surface area contributed by atoms with Crippen LogP contribution in [-0.2, 0) is 9.59 Å². The third-order valence-corrected chi connectivity index (χ3v) is 5.10. The third kappa shape index (κ3) is 6.49. The Balaban J connectivity index is 1.73. The average molecular weight is 386 g/mol. The first-order valence-electron chi connectivity index (χ1n) is 8.74. The fourth-order valence-electron chi connectivity index (χ4n) is 2.86. The van der Waals surface area contributed by atoms with Crippen LogP contribution in [0.2, 0.25) is 10.0 Å². The predicted molar refractivity (Wildman–Crippen MR) is 102 cm³/mol. The zero-order chi connectivity index (χ0) is 18.2. The van der Waals surface area contributed by atoms with Gasteiger partial charge in [-0.1, -0.05) is 36.5 Å². The van der Waals surface area contributed by atoms with Crippen LogP contribution >= 0.6 is 23.2 Å². The monoisotopic (exact) mass is 385 g/mol. The number of piperidine rings is 1. The maximum absolute atomic E-state index is 12.2. The number of halogens is 2. The van der Waals surface area contributed by atoms with Gasteiger partial charge in [0, 0.05) is 18.2 Å². The molecule has 0 spiro atoms. The molecule has 2 rings (SSSR count). The van der Waals surface area contributed by atoms with Gasteiger partial charge in [0.1, 0.15) is 0 Å². The first kappa shape index (κ1) is 20.0. The van der Waals surface area contributed by atoms with Crippen LogP contribution in [0.1, 0.15) is 32.6 Å². The summed E-state index contributed by atoms with van der Waals surface area (Å²) in [4.78, 5) is 26.3. The van der Waals surface area contributed by atoms with Crippen molar-refractivity contribution in [2.45, 2.75) is 32.6 Å². The number of carbonyl (C=O) groups excluding carboxylic acids is 2. The van der Waals surface area contributed by atoms with Crippen LogP contribution < -0.4 is 10.6 Å². The Morgan fingerprint density at radius 3 is 2.56 bits per heavy atom. The average Bonchev–Trinajstić information content (AvgIpc) is 2.59. The molecule has 1 aromatic carbocycles. The molecular weight excluding hydrogens is 361 g/mol. The molecule has 1 aliphatic rings. The smallest absolute Gasteiger partial charge is 0.238 e. The van der Waals surface area contributed by atoms with E-state index in [0.717, 1.165) is 45.3 Å². The molecule has 7 heteroatoms. The second-order valence-corrected chi connectivity index (χ2v) is 7.19. The van der Waals surface area contributed by atoms with E-state index in [1.54, 1.807) is 18.2 Å². The summed E-state index contributed by atoms with van der Waals surface area (Å²) in [5, 5.41) is 6.68. The molecule has 0 bridgehead atoms. The number of hydrogen-bond donors (Lipinski definition) is 2. The van der Waals surface area contributed by atoms with Crippen LogP contribution in [0.15, 0.2) is 18.2 Å². The molecule has 138 valence electrons. The lowest BCUT2D eigenvalue weighted by molar-refractivity contribution is -0.126. The van der Waals surface area contributed by atoms with Gasteiger partial charge in [-0.2, -0.15) is 0 Å². The molecule has 25 heavy (non-hydrogen) atoms. The van der Waals surface area contributed by atoms with Crippen LogP contribution in [0.4, 0.5) is 5.69 Å². The van der Waals surface area contributed by atoms with Crippen molar-refractivity contribution in [3.63, 3.8) is 0 Å². The number of rotatable bonds is 7. The molecule has 0 radical (unpaired) electrons. The van der Waals surface area contributed by atoms with Gasteiger partial charge in [0.15, 0.2) is 0 Å². The van der Waals surface area contributed by atoms with E-state index in [1.165, 1.54) is 0 Å². The third-order valence-electron chi connectivity index (χ3n) is 4.36. The number of likely N-dealkylation sites (tertiary alicyclic amines) is 1. The number of carbonyl (C=O) groups is 2. The normalized spacial score (nSPS) is 15.8. The Bertz CT molecular complexity index is 602. The Labute approximate surface area is 159 Å². The van der Waals surface area contributed by atoms with Crippen LogP contribution in [0.25, 0.3) is 0 Å². The van der Waals surface area contributed by atoms with Crippen molar-refractivity contribution in [2.24, 2.45) is 5.92 Å². The highest BCUT2D eigenvalue weighted by molar-refractivity contribution is 6.42. The zero-order valence-electron chi connectivity index (χ0n) is 14.5. The highest BCUT2D eigenvalue weighted by Gasteiger charge is 2.25. The number of anilines is 1. The Morgan fingerprint density at radius 2 is 1.92 bits per heavy atom. The molecule has 1 saturated heterocycles. The van der Waals surface area contributed by atoms with Gasteiger partial charge < -0.3 is 10.6 Å². The van der Waals surface area contributed by atoms with Gasteiger partial charge in [-0.3, -0.25) is 14.5 Å². The summed E-state index contributed by atoms with van der Waals surface area (Å²) in [5.74, 6) is 0.115. The highest BCUT2D eigenvalue weighted by Crippen LogP contribution is 2.25. The van der Waals surface area contributed by atoms with Crippen LogP contribution in [0.3, 0.4) is 0 Å². The predicted octanol–water partition coefficient (Wildman–Crippen LogP) is 3.56. The van der Waals surface area contributed by atoms with Crippen molar-refractivity contribution >= 4 is 40.7 Å². The molecule has 1 aliphatic heterocycles. The molecule has 0 saturated carbocycles. The minimum absolute atomic E-state index is 0.0613. The van der Waals surface area contributed by atoms with E-state index in [-0.39, 0.29) is 17.7 Å². The van der Waals surface area contributed by atoms with E-state index < -0.39 is 0 Å². The first-order chi connectivity index (χ1) is 12.0. The van der Waals surface area contributed by atoms with Crippen molar-refractivity contribution in [3.8, 4) is 0 Å². The number of nitrogens with zero attached hydrogens (tertiary/aromatic N) is 1. The number of benzene rings is 1. The van der Waals surface area contributed by atoms with E-state index in [4.69, 9.17) is 23.2 Å². The van der Waals surface area contributed by atoms with E-state index in [0.29, 0.717) is 22.3 Å². The summed E-state index contributed by atoms with van der Waals surface area (Å²) in [7, 11) is 0. The van der Waals surface area contributed by atoms with Crippen molar-refractivity contribution in [3.05, 3.63) is 28.2 Å². The minimum Gasteiger partial charge on any atom is -0.356 e. The molecule has 1 heterocycles. The summed E-state index contributed by atoms with van der Waals surface area (Å²) in [6, 6.07) is 5.01. The molecule has 2 amide bonds. The van der Waals surface area contributed by atoms with E-state index in [2.05, 4.69) is 22.5 Å². The Kier molecular flexibility index (Phi) is 8.00. The van der Waals surface area contributed by atoms with Crippen LogP contribution in [-0.4, -0.2) is 42.9 Å². The maximum Gasteiger partial charge on any atom is 0.238 e. The summed E-state index contributed by atoms with van der Waals surface area (Å²) in [6.07, 6.45) is 3.67. The topological polar surface area (TPSA) is 61.4 Å². The van der Waals surface area contributed by atoms with Gasteiger partial charge in [-0.25, -0.2) is 0 Å². The van der Waals surface area contributed by atoms with Crippen molar-refractivity contribution in [1.82, 2.24) is 10.2 Å². The molecule has 0 unspecified atom stereocenters. The summed E-state index contributed by atoms with van der Waals surface area (Å²) >= 11 is 11.8. The number of hydrogen-bond acceptors (Lipinski definition) is 3. The van der Waals surface area contributed by atoms with Crippen LogP contribution in [0, 0.1) is 5.92 Å². The fraction of sp³-hybridized carbons (Fsp3) is 0.556. The standard InChI is InChI=1S/C18H25Cl2N3O2/c1-2-3-8-21-18(25)13-6-9-23(10-7-13)12-17(24)22-14-4-5-15(19)16(20)11-14/h4-5,11,13H,2-3,6-10,12H2,1H3,(H,21,25)(H,22,24). The SMILES string of the molecule is CCCCNC(=O)C1CCN(CC(=O)Nc2ccc(Cl)c(Cl)c2)CC1. The van der Waals surface area contributed by atoms with Gasteiger partial charge in [0.25, 0.3) is 0 Å². The van der Waals surface area contributed by atoms with Gasteiger partial charge in [0.2, 0.25) is 11.8 Å². The van der Waals surface area contributed by atoms with Crippen molar-refractivity contribution < 1.29 is 9.59 Å². The van der Waals surface area contributed by atoms with Crippen molar-refractivity contribution in [1.29, 1.82) is 0 Å². The Morgan fingerprint density at radius 1 is 1.20 bits per heavy atom. The molecule has 5 nitrogen and oxygen atoms in total. The summed E-state index contributed by atoms with van der Waals surface area (Å²) < 4.78 is 0. The van der Waals surface area contributed by atoms with Gasteiger partial charge >= 0.3 is 0 Å². The molecule has 0 aromatic heterocycles. The summed E-state index contributed by atoms with van der Waals surface area (Å²) in [5.41, 5.74) is 0.629. The second kappa shape index (κ2) is 10.00. The van der Waals surface area contributed by atoms with Gasteiger partial charge in [-0.15, -0.1) is 0 Å². The second-order valence-electron chi connectivity index (χ2n) is 6.37. The fourth-order valence-corrected chi connectivity index (χ4v) is 3.16. The Hall–Kier alpha value is -1.30. The zero-order valence-corrected chi connectivity index (χ0v) is 16.0. The van der Waals surface area contributed by atoms with E-state index in [9.17, 15) is 9.59 Å². The first-order valence-corrected chi connectivity index (χ1v) is 9.50. The lowest BCUT2D eigenvalue weighted by atomic mass is 9.96. The molecule has 1 aromatic rings. The lowest BCUT2D eigenvalue weighted by Crippen LogP contribution is -2.43. The molecule has 0 aliphatic carbocycles. The molecule has 2 N–H and O–H groups in total. The lowest BCUT2D eigenvalue weighted by Gasteiger charge is -2.30. The molecular formula is C18H25Cl2N3O2. The largest absolute Gasteiger partial charge is 0.356 e. The minimum atomic E-state index is -0.0933. The number of nitrogens with one attached hydrogen (secondary N) is 2. The highest BCUT2D eigenvalue weighted by atomic mass is 35.5. The van der Waals surface area contributed by atoms with E-state index in [1.807, 2.05) is 0 Å². The van der Waals surface area contributed by atoms with Crippen molar-refractivity contribution in [2.75, 3.05) is 31.5 Å².